The first-order chi connectivity index (χ1) is 9.21. The van der Waals surface area contributed by atoms with Gasteiger partial charge < -0.3 is 9.90 Å². The lowest BCUT2D eigenvalue weighted by molar-refractivity contribution is -0.344. The Morgan fingerprint density at radius 1 is 0.950 bits per heavy atom. The lowest BCUT2D eigenvalue weighted by Crippen LogP contribution is -2.37. The molecule has 0 aliphatic heterocycles. The second-order valence-corrected chi connectivity index (χ2v) is 8.13. The zero-order chi connectivity index (χ0) is 16.0. The van der Waals surface area contributed by atoms with Crippen molar-refractivity contribution in [2.45, 2.75) is 83.6 Å². The van der Waals surface area contributed by atoms with Crippen LogP contribution in [0, 0.1) is 0 Å². The van der Waals surface area contributed by atoms with Gasteiger partial charge in [-0.1, -0.05) is 51.9 Å². The Labute approximate surface area is 122 Å². The van der Waals surface area contributed by atoms with Gasteiger partial charge in [-0.15, -0.1) is 0 Å². The molecular weight excluding hydrogens is 285 g/mol. The van der Waals surface area contributed by atoms with Gasteiger partial charge in [-0.2, -0.15) is 13.2 Å². The van der Waals surface area contributed by atoms with Crippen LogP contribution in [0.25, 0.3) is 0 Å². The zero-order valence-corrected chi connectivity index (χ0v) is 13.8. The number of carbonyl (C=O) groups is 1. The van der Waals surface area contributed by atoms with E-state index in [4.69, 9.17) is 9.90 Å². The number of carbonyl (C=O) groups excluding carboxylic acids is 1. The maximum absolute atomic E-state index is 10.5. The second-order valence-electron chi connectivity index (χ2n) is 5.22. The zero-order valence-electron chi connectivity index (χ0n) is 12.8. The number of rotatable bonds is 9. The van der Waals surface area contributed by atoms with Crippen molar-refractivity contribution in [3.63, 3.8) is 0 Å². The minimum absolute atomic E-state index is 0.0644. The molecule has 0 saturated carbocycles. The van der Waals surface area contributed by atoms with E-state index in [0.29, 0.717) is 0 Å². The summed E-state index contributed by atoms with van der Waals surface area (Å²) in [6.45, 7) is 7.13. The van der Waals surface area contributed by atoms with Gasteiger partial charge in [0, 0.05) is 0 Å². The van der Waals surface area contributed by atoms with Crippen molar-refractivity contribution in [3.05, 3.63) is 0 Å². The van der Waals surface area contributed by atoms with E-state index >= 15 is 0 Å². The van der Waals surface area contributed by atoms with Gasteiger partial charge in [0.15, 0.2) is 0 Å². The molecule has 0 fully saturated rings. The number of hydrogen-bond acceptors (Lipinski definition) is 2. The molecule has 0 radical (unpaired) electrons. The summed E-state index contributed by atoms with van der Waals surface area (Å²) < 4.78 is 31.5. The van der Waals surface area contributed by atoms with Crippen LogP contribution in [-0.2, 0) is 4.79 Å². The molecule has 0 rings (SSSR count). The molecule has 2 nitrogen and oxygen atoms in total. The van der Waals surface area contributed by atoms with Crippen LogP contribution in [0.5, 0.6) is 0 Å². The third-order valence-corrected chi connectivity index (χ3v) is 4.12. The summed E-state index contributed by atoms with van der Waals surface area (Å²) in [6.07, 6.45) is 6.51. The van der Waals surface area contributed by atoms with Crippen LogP contribution < -0.4 is 5.11 Å². The molecule has 120 valence electrons. The van der Waals surface area contributed by atoms with Crippen molar-refractivity contribution in [2.75, 3.05) is 0 Å². The van der Waals surface area contributed by atoms with Gasteiger partial charge in [0.2, 0.25) is 0 Å². The van der Waals surface area contributed by atoms with Crippen LogP contribution in [0.3, 0.4) is 0 Å². The Bertz CT molecular complexity index is 231. The Morgan fingerprint density at radius 3 is 1.60 bits per heavy atom. The van der Waals surface area contributed by atoms with Crippen molar-refractivity contribution in [2.24, 2.45) is 0 Å². The van der Waals surface area contributed by atoms with Crippen LogP contribution in [0.2, 0.25) is 19.1 Å². The summed E-state index contributed by atoms with van der Waals surface area (Å²) >= 11 is 0. The van der Waals surface area contributed by atoms with Gasteiger partial charge in [0.1, 0.15) is 5.97 Å². The first-order valence-electron chi connectivity index (χ1n) is 7.29. The number of halogens is 3. The lowest BCUT2D eigenvalue weighted by atomic mass is 10.1. The Balaban J connectivity index is 0. The van der Waals surface area contributed by atoms with Gasteiger partial charge >= 0.3 is 15.0 Å². The Kier molecular flexibility index (Phi) is 14.7. The molecule has 0 aliphatic carbocycles. The second kappa shape index (κ2) is 13.5. The average Bonchev–Trinajstić information content (AvgIpc) is 2.32. The number of hydrogen-bond donors (Lipinski definition) is 0. The van der Waals surface area contributed by atoms with E-state index in [-0.39, 0.29) is 8.80 Å². The maximum Gasteiger partial charge on any atom is 0.430 e. The van der Waals surface area contributed by atoms with Gasteiger partial charge in [-0.3, -0.25) is 0 Å². The number of unbranched alkanes of at least 4 members (excludes halogenated alkanes) is 7. The standard InChI is InChI=1S/C12H27Si.C2HF3O2/c1-4-5-6-7-8-9-10-11-12-13(2)3;3-2(4,5)1(6)7/h4-12H2,1-3H3;(H,6,7)/q+1;/p-1. The number of aliphatic carboxylic acids is 1. The van der Waals surface area contributed by atoms with E-state index in [0.717, 1.165) is 0 Å². The van der Waals surface area contributed by atoms with E-state index in [2.05, 4.69) is 20.0 Å². The minimum atomic E-state index is -5.19. The SMILES string of the molecule is CCCCCCCCCC[Si+](C)C.O=C([O-])C(F)(F)F. The summed E-state index contributed by atoms with van der Waals surface area (Å²) in [6, 6.07) is 1.53. The van der Waals surface area contributed by atoms with Crippen LogP contribution in [0.15, 0.2) is 0 Å². The van der Waals surface area contributed by atoms with Crippen LogP contribution in [0.4, 0.5) is 13.2 Å². The molecule has 0 aromatic rings. The summed E-state index contributed by atoms with van der Waals surface area (Å²) in [7, 11) is 0.0644. The molecule has 0 heterocycles. The minimum Gasteiger partial charge on any atom is -0.542 e. The molecule has 0 aromatic carbocycles. The molecule has 0 aromatic heterocycles. The van der Waals surface area contributed by atoms with E-state index in [1.54, 1.807) is 0 Å². The molecular formula is C14H27F3O2Si. The predicted octanol–water partition coefficient (Wildman–Crippen LogP) is 4.18. The molecule has 0 bridgehead atoms. The van der Waals surface area contributed by atoms with Gasteiger partial charge in [0.25, 0.3) is 0 Å². The largest absolute Gasteiger partial charge is 0.542 e. The third kappa shape index (κ3) is 19.8. The maximum atomic E-state index is 10.5. The summed E-state index contributed by atoms with van der Waals surface area (Å²) in [5.41, 5.74) is 0. The fourth-order valence-corrected chi connectivity index (χ4v) is 2.57. The molecule has 0 aliphatic rings. The van der Waals surface area contributed by atoms with Crippen molar-refractivity contribution in [3.8, 4) is 0 Å². The highest BCUT2D eigenvalue weighted by Crippen LogP contribution is 2.11. The van der Waals surface area contributed by atoms with Crippen LogP contribution in [0.1, 0.15) is 58.3 Å². The van der Waals surface area contributed by atoms with Gasteiger partial charge in [0.05, 0.1) is 19.1 Å². The van der Waals surface area contributed by atoms with E-state index < -0.39 is 12.1 Å². The van der Waals surface area contributed by atoms with E-state index in [1.807, 2.05) is 0 Å². The van der Waals surface area contributed by atoms with Crippen LogP contribution in [-0.4, -0.2) is 20.9 Å². The topological polar surface area (TPSA) is 40.1 Å². The average molecular weight is 312 g/mol. The summed E-state index contributed by atoms with van der Waals surface area (Å²) in [5, 5.41) is 8.78. The quantitative estimate of drug-likeness (QED) is 0.473. The summed E-state index contributed by atoms with van der Waals surface area (Å²) in [4.78, 5) is 8.78. The highest BCUT2D eigenvalue weighted by molar-refractivity contribution is 6.55. The summed E-state index contributed by atoms with van der Waals surface area (Å²) in [5.74, 6) is -3.01. The van der Waals surface area contributed by atoms with Crippen molar-refractivity contribution in [1.82, 2.24) is 0 Å². The first kappa shape index (κ1) is 21.8. The molecule has 20 heavy (non-hydrogen) atoms. The van der Waals surface area contributed by atoms with Crippen molar-refractivity contribution < 1.29 is 23.1 Å². The van der Waals surface area contributed by atoms with Crippen LogP contribution >= 0.6 is 0 Å². The van der Waals surface area contributed by atoms with Gasteiger partial charge in [-0.25, -0.2) is 0 Å². The van der Waals surface area contributed by atoms with E-state index in [9.17, 15) is 13.2 Å². The molecule has 0 saturated heterocycles. The molecule has 0 atom stereocenters. The number of alkyl halides is 3. The number of carboxylic acids is 1. The smallest absolute Gasteiger partial charge is 0.430 e. The Morgan fingerprint density at radius 2 is 1.30 bits per heavy atom. The fraction of sp³-hybridized carbons (Fsp3) is 0.929. The monoisotopic (exact) mass is 312 g/mol. The normalized spacial score (nSPS) is 10.7. The molecule has 0 unspecified atom stereocenters. The highest BCUT2D eigenvalue weighted by Gasteiger charge is 2.28. The van der Waals surface area contributed by atoms with Gasteiger partial charge in [-0.05, 0) is 6.42 Å². The molecule has 0 N–H and O–H groups in total. The predicted molar refractivity (Wildman–Crippen MR) is 76.0 cm³/mol. The highest BCUT2D eigenvalue weighted by atomic mass is 28.3. The first-order valence-corrected chi connectivity index (χ1v) is 9.99. The Hall–Kier alpha value is -0.523. The number of carboxylic acid groups (broad SMARTS) is 1. The molecule has 0 amide bonds. The lowest BCUT2D eigenvalue weighted by Gasteiger charge is -2.03. The molecule has 0 spiro atoms. The van der Waals surface area contributed by atoms with Crippen molar-refractivity contribution >= 4 is 14.8 Å². The van der Waals surface area contributed by atoms with Crippen molar-refractivity contribution in [1.29, 1.82) is 0 Å². The molecule has 6 heteroatoms. The van der Waals surface area contributed by atoms with E-state index in [1.165, 1.54) is 57.4 Å². The third-order valence-electron chi connectivity index (χ3n) is 2.76. The fourth-order valence-electron chi connectivity index (χ4n) is 1.61.